The van der Waals surface area contributed by atoms with Gasteiger partial charge in [-0.2, -0.15) is 0 Å². The zero-order valence-electron chi connectivity index (χ0n) is 6.55. The Balaban J connectivity index is 2.27. The first-order valence-electron chi connectivity index (χ1n) is 3.68. The summed E-state index contributed by atoms with van der Waals surface area (Å²) in [7, 11) is 0. The molecule has 0 atom stereocenters. The first kappa shape index (κ1) is 9.98. The van der Waals surface area contributed by atoms with E-state index in [1.165, 1.54) is 0 Å². The summed E-state index contributed by atoms with van der Waals surface area (Å²) in [5, 5.41) is 4.82. The molecule has 66 valence electrons. The standard InChI is InChI=1S/C8H10INOS/c9-3-4-10-8(11)6-7-2-1-5-12-7/h1-2,5H,3-4,6H2,(H,10,11). The number of nitrogens with one attached hydrogen (secondary N) is 1. The van der Waals surface area contributed by atoms with E-state index in [2.05, 4.69) is 27.9 Å². The molecule has 1 rings (SSSR count). The van der Waals surface area contributed by atoms with Crippen molar-refractivity contribution >= 4 is 39.8 Å². The Morgan fingerprint density at radius 1 is 1.67 bits per heavy atom. The van der Waals surface area contributed by atoms with Crippen LogP contribution in [0.1, 0.15) is 4.88 Å². The van der Waals surface area contributed by atoms with Crippen molar-refractivity contribution in [2.75, 3.05) is 11.0 Å². The molecule has 0 aliphatic carbocycles. The van der Waals surface area contributed by atoms with Gasteiger partial charge in [0.25, 0.3) is 0 Å². The largest absolute Gasteiger partial charge is 0.355 e. The third-order valence-corrected chi connectivity index (χ3v) is 2.75. The molecule has 12 heavy (non-hydrogen) atoms. The Morgan fingerprint density at radius 2 is 2.50 bits per heavy atom. The summed E-state index contributed by atoms with van der Waals surface area (Å²) >= 11 is 3.86. The van der Waals surface area contributed by atoms with Crippen molar-refractivity contribution in [3.63, 3.8) is 0 Å². The zero-order chi connectivity index (χ0) is 8.81. The number of hydrogen-bond acceptors (Lipinski definition) is 2. The number of alkyl halides is 1. The van der Waals surface area contributed by atoms with Crippen LogP contribution < -0.4 is 5.32 Å². The minimum Gasteiger partial charge on any atom is -0.355 e. The maximum Gasteiger partial charge on any atom is 0.225 e. The van der Waals surface area contributed by atoms with E-state index in [-0.39, 0.29) is 5.91 Å². The van der Waals surface area contributed by atoms with Crippen LogP contribution in [-0.4, -0.2) is 16.9 Å². The van der Waals surface area contributed by atoms with E-state index in [0.717, 1.165) is 15.8 Å². The summed E-state index contributed by atoms with van der Waals surface area (Å²) in [6.45, 7) is 0.769. The van der Waals surface area contributed by atoms with Crippen LogP contribution in [0.5, 0.6) is 0 Å². The molecule has 4 heteroatoms. The molecule has 1 amide bonds. The predicted octanol–water partition coefficient (Wildman–Crippen LogP) is 1.84. The highest BCUT2D eigenvalue weighted by molar-refractivity contribution is 14.1. The zero-order valence-corrected chi connectivity index (χ0v) is 9.52. The van der Waals surface area contributed by atoms with Crippen LogP contribution in [0.3, 0.4) is 0 Å². The second kappa shape index (κ2) is 5.53. The van der Waals surface area contributed by atoms with Gasteiger partial charge in [0.2, 0.25) is 5.91 Å². The summed E-state index contributed by atoms with van der Waals surface area (Å²) < 4.78 is 0.966. The third-order valence-electron chi connectivity index (χ3n) is 1.33. The Bertz CT molecular complexity index is 235. The van der Waals surface area contributed by atoms with Gasteiger partial charge in [-0.05, 0) is 11.4 Å². The highest BCUT2D eigenvalue weighted by Crippen LogP contribution is 2.08. The topological polar surface area (TPSA) is 29.1 Å². The molecule has 0 bridgehead atoms. The molecule has 0 saturated carbocycles. The lowest BCUT2D eigenvalue weighted by molar-refractivity contribution is -0.120. The average Bonchev–Trinajstić information content (AvgIpc) is 2.53. The highest BCUT2D eigenvalue weighted by atomic mass is 127. The first-order chi connectivity index (χ1) is 5.83. The van der Waals surface area contributed by atoms with E-state index in [1.807, 2.05) is 17.5 Å². The van der Waals surface area contributed by atoms with Gasteiger partial charge in [-0.1, -0.05) is 28.7 Å². The van der Waals surface area contributed by atoms with Crippen molar-refractivity contribution in [1.82, 2.24) is 5.32 Å². The van der Waals surface area contributed by atoms with Crippen molar-refractivity contribution in [3.8, 4) is 0 Å². The van der Waals surface area contributed by atoms with E-state index < -0.39 is 0 Å². The second-order valence-corrected chi connectivity index (χ2v) is 4.41. The first-order valence-corrected chi connectivity index (χ1v) is 6.08. The molecule has 0 saturated heterocycles. The fraction of sp³-hybridized carbons (Fsp3) is 0.375. The van der Waals surface area contributed by atoms with Crippen LogP contribution in [0.25, 0.3) is 0 Å². The molecule has 0 unspecified atom stereocenters. The third kappa shape index (κ3) is 3.53. The Kier molecular flexibility index (Phi) is 4.60. The van der Waals surface area contributed by atoms with Crippen molar-refractivity contribution in [1.29, 1.82) is 0 Å². The molecule has 1 aromatic heterocycles. The molecule has 0 aliphatic rings. The maximum atomic E-state index is 11.2. The van der Waals surface area contributed by atoms with Crippen LogP contribution in [-0.2, 0) is 11.2 Å². The highest BCUT2D eigenvalue weighted by Gasteiger charge is 2.01. The number of amides is 1. The van der Waals surface area contributed by atoms with Crippen molar-refractivity contribution in [2.45, 2.75) is 6.42 Å². The predicted molar refractivity (Wildman–Crippen MR) is 59.9 cm³/mol. The number of carbonyl (C=O) groups excluding carboxylic acids is 1. The fourth-order valence-electron chi connectivity index (χ4n) is 0.821. The van der Waals surface area contributed by atoms with Gasteiger partial charge in [0.05, 0.1) is 6.42 Å². The molecule has 0 spiro atoms. The van der Waals surface area contributed by atoms with Crippen LogP contribution >= 0.6 is 33.9 Å². The summed E-state index contributed by atoms with van der Waals surface area (Å²) in [5.41, 5.74) is 0. The molecule has 0 aliphatic heterocycles. The second-order valence-electron chi connectivity index (χ2n) is 2.30. The molecule has 1 aromatic rings. The minimum absolute atomic E-state index is 0.120. The van der Waals surface area contributed by atoms with Gasteiger partial charge in [-0.15, -0.1) is 11.3 Å². The molecule has 1 heterocycles. The lowest BCUT2D eigenvalue weighted by atomic mass is 10.3. The van der Waals surface area contributed by atoms with Gasteiger partial charge in [0.15, 0.2) is 0 Å². The SMILES string of the molecule is O=C(Cc1cccs1)NCCI. The molecular formula is C8H10INOS. The smallest absolute Gasteiger partial charge is 0.225 e. The average molecular weight is 295 g/mol. The van der Waals surface area contributed by atoms with Crippen LogP contribution in [0, 0.1) is 0 Å². The maximum absolute atomic E-state index is 11.2. The lowest BCUT2D eigenvalue weighted by Crippen LogP contribution is -2.26. The number of thiophene rings is 1. The molecule has 0 aromatic carbocycles. The number of carbonyl (C=O) groups is 1. The number of hydrogen-bond donors (Lipinski definition) is 1. The molecular weight excluding hydrogens is 285 g/mol. The van der Waals surface area contributed by atoms with E-state index in [1.54, 1.807) is 11.3 Å². The lowest BCUT2D eigenvalue weighted by Gasteiger charge is -1.99. The Labute approximate surface area is 89.5 Å². The monoisotopic (exact) mass is 295 g/mol. The van der Waals surface area contributed by atoms with Crippen molar-refractivity contribution < 1.29 is 4.79 Å². The van der Waals surface area contributed by atoms with Gasteiger partial charge in [-0.25, -0.2) is 0 Å². The fourth-order valence-corrected chi connectivity index (χ4v) is 1.79. The Morgan fingerprint density at radius 3 is 3.08 bits per heavy atom. The van der Waals surface area contributed by atoms with Gasteiger partial charge in [-0.3, -0.25) is 4.79 Å². The normalized spacial score (nSPS) is 9.75. The van der Waals surface area contributed by atoms with Crippen molar-refractivity contribution in [3.05, 3.63) is 22.4 Å². The summed E-state index contributed by atoms with van der Waals surface area (Å²) in [6.07, 6.45) is 0.522. The van der Waals surface area contributed by atoms with Crippen LogP contribution in [0.2, 0.25) is 0 Å². The number of rotatable bonds is 4. The van der Waals surface area contributed by atoms with Crippen LogP contribution in [0.15, 0.2) is 17.5 Å². The summed E-state index contributed by atoms with van der Waals surface area (Å²) in [5.74, 6) is 0.120. The Hall–Kier alpha value is -0.100. The van der Waals surface area contributed by atoms with E-state index in [9.17, 15) is 4.79 Å². The molecule has 0 fully saturated rings. The van der Waals surface area contributed by atoms with E-state index in [0.29, 0.717) is 6.42 Å². The minimum atomic E-state index is 0.120. The van der Waals surface area contributed by atoms with E-state index in [4.69, 9.17) is 0 Å². The quantitative estimate of drug-likeness (QED) is 0.666. The van der Waals surface area contributed by atoms with E-state index >= 15 is 0 Å². The van der Waals surface area contributed by atoms with Gasteiger partial charge in [0, 0.05) is 15.8 Å². The van der Waals surface area contributed by atoms with Crippen LogP contribution in [0.4, 0.5) is 0 Å². The van der Waals surface area contributed by atoms with Gasteiger partial charge >= 0.3 is 0 Å². The summed E-state index contributed by atoms with van der Waals surface area (Å²) in [4.78, 5) is 12.3. The molecule has 1 N–H and O–H groups in total. The molecule has 2 nitrogen and oxygen atoms in total. The van der Waals surface area contributed by atoms with Gasteiger partial charge in [0.1, 0.15) is 0 Å². The van der Waals surface area contributed by atoms with Crippen molar-refractivity contribution in [2.24, 2.45) is 0 Å². The summed E-state index contributed by atoms with van der Waals surface area (Å²) in [6, 6.07) is 3.94. The molecule has 0 radical (unpaired) electrons. The number of halogens is 1. The van der Waals surface area contributed by atoms with Gasteiger partial charge < -0.3 is 5.32 Å².